The third-order valence-corrected chi connectivity index (χ3v) is 8.88. The number of nitrogens with zero attached hydrogens (tertiary/aromatic N) is 3. The van der Waals surface area contributed by atoms with Crippen molar-refractivity contribution in [2.45, 2.75) is 77.6 Å². The Hall–Kier alpha value is -3.36. The van der Waals surface area contributed by atoms with Crippen LogP contribution in [0.25, 0.3) is 10.9 Å². The van der Waals surface area contributed by atoms with E-state index in [-0.39, 0.29) is 17.6 Å². The minimum atomic E-state index is -0.593. The Kier molecular flexibility index (Phi) is 7.92. The highest BCUT2D eigenvalue weighted by atomic mass is 16.6. The molecule has 2 aliphatic rings. The lowest BCUT2D eigenvalue weighted by atomic mass is 9.72. The van der Waals surface area contributed by atoms with Crippen molar-refractivity contribution in [3.63, 3.8) is 0 Å². The summed E-state index contributed by atoms with van der Waals surface area (Å²) >= 11 is 0. The number of carbonyl (C=O) groups is 2. The quantitative estimate of drug-likeness (QED) is 0.336. The van der Waals surface area contributed by atoms with Gasteiger partial charge in [0.15, 0.2) is 0 Å². The van der Waals surface area contributed by atoms with Gasteiger partial charge in [0.25, 0.3) is 0 Å². The summed E-state index contributed by atoms with van der Waals surface area (Å²) in [6.45, 7) is 13.6. The molecule has 2 fully saturated rings. The molecule has 1 aromatic heterocycles. The van der Waals surface area contributed by atoms with E-state index in [2.05, 4.69) is 28.9 Å². The van der Waals surface area contributed by atoms with E-state index in [9.17, 15) is 9.59 Å². The lowest BCUT2D eigenvalue weighted by Crippen LogP contribution is -2.61. The van der Waals surface area contributed by atoms with Crippen LogP contribution in [0, 0.1) is 6.92 Å². The highest BCUT2D eigenvalue weighted by Gasteiger charge is 2.48. The number of aromatic nitrogens is 1. The molecule has 0 N–H and O–H groups in total. The van der Waals surface area contributed by atoms with Crippen LogP contribution in [-0.2, 0) is 21.6 Å². The van der Waals surface area contributed by atoms with Gasteiger partial charge in [-0.15, -0.1) is 0 Å². The van der Waals surface area contributed by atoms with Gasteiger partial charge >= 0.3 is 12.1 Å². The Morgan fingerprint density at radius 3 is 2.44 bits per heavy atom. The van der Waals surface area contributed by atoms with Crippen molar-refractivity contribution in [3.8, 4) is 5.75 Å². The fourth-order valence-electron chi connectivity index (χ4n) is 6.91. The number of piperidine rings is 2. The fraction of sp³-hybridized carbons (Fsp3) is 0.515. The van der Waals surface area contributed by atoms with Crippen LogP contribution < -0.4 is 4.74 Å². The van der Waals surface area contributed by atoms with E-state index in [0.717, 1.165) is 66.7 Å². The third kappa shape index (κ3) is 5.35. The zero-order valence-electron chi connectivity index (χ0n) is 25.5. The predicted octanol–water partition coefficient (Wildman–Crippen LogP) is 6.11. The van der Waals surface area contributed by atoms with Crippen LogP contribution in [-0.4, -0.2) is 71.9 Å². The highest BCUT2D eigenvalue weighted by molar-refractivity contribution is 5.95. The number of ether oxygens (including phenoxy) is 3. The molecule has 2 bridgehead atoms. The van der Waals surface area contributed by atoms with E-state index < -0.39 is 5.60 Å². The van der Waals surface area contributed by atoms with E-state index in [1.807, 2.05) is 58.2 Å². The summed E-state index contributed by atoms with van der Waals surface area (Å²) in [6, 6.07) is 12.5. The Balaban J connectivity index is 1.58. The van der Waals surface area contributed by atoms with Gasteiger partial charge in [-0.25, -0.2) is 9.59 Å². The molecule has 41 heavy (non-hydrogen) atoms. The molecule has 0 spiro atoms. The van der Waals surface area contributed by atoms with Crippen LogP contribution in [0.15, 0.2) is 42.6 Å². The van der Waals surface area contributed by atoms with E-state index in [1.165, 1.54) is 12.7 Å². The first-order valence-corrected chi connectivity index (χ1v) is 14.6. The smallest absolute Gasteiger partial charge is 0.419 e. The summed E-state index contributed by atoms with van der Waals surface area (Å²) in [5.41, 5.74) is 3.88. The largest absolute Gasteiger partial charge is 0.496 e. The topological polar surface area (TPSA) is 73.2 Å². The zero-order valence-corrected chi connectivity index (χ0v) is 25.5. The van der Waals surface area contributed by atoms with Gasteiger partial charge in [-0.2, -0.15) is 0 Å². The first kappa shape index (κ1) is 29.1. The minimum Gasteiger partial charge on any atom is -0.496 e. The van der Waals surface area contributed by atoms with Crippen LogP contribution in [0.3, 0.4) is 0 Å². The van der Waals surface area contributed by atoms with Crippen LogP contribution in [0.4, 0.5) is 4.79 Å². The van der Waals surface area contributed by atoms with Gasteiger partial charge in [0.1, 0.15) is 11.4 Å². The van der Waals surface area contributed by atoms with E-state index >= 15 is 0 Å². The Labute approximate surface area is 243 Å². The molecule has 0 aliphatic carbocycles. The Bertz CT molecular complexity index is 1440. The Morgan fingerprint density at radius 2 is 1.80 bits per heavy atom. The van der Waals surface area contributed by atoms with Gasteiger partial charge in [0, 0.05) is 48.4 Å². The third-order valence-electron chi connectivity index (χ3n) is 8.88. The first-order chi connectivity index (χ1) is 19.5. The van der Waals surface area contributed by atoms with Crippen molar-refractivity contribution in [2.75, 3.05) is 33.9 Å². The lowest BCUT2D eigenvalue weighted by molar-refractivity contribution is -0.0585. The van der Waals surface area contributed by atoms with Crippen molar-refractivity contribution in [2.24, 2.45) is 0 Å². The van der Waals surface area contributed by atoms with E-state index in [0.29, 0.717) is 18.2 Å². The maximum absolute atomic E-state index is 13.1. The lowest BCUT2D eigenvalue weighted by Gasteiger charge is -2.56. The number of hydrogen-bond donors (Lipinski definition) is 0. The van der Waals surface area contributed by atoms with Crippen LogP contribution in [0.2, 0.25) is 0 Å². The van der Waals surface area contributed by atoms with Crippen LogP contribution in [0.5, 0.6) is 5.75 Å². The number of methoxy groups -OCH3 is 2. The molecule has 2 unspecified atom stereocenters. The fourth-order valence-corrected chi connectivity index (χ4v) is 6.91. The molecule has 0 saturated carbocycles. The van der Waals surface area contributed by atoms with Crippen molar-refractivity contribution in [1.82, 2.24) is 14.4 Å². The molecule has 8 nitrogen and oxygen atoms in total. The van der Waals surface area contributed by atoms with Gasteiger partial charge in [-0.1, -0.05) is 19.1 Å². The SMILES string of the molecule is CCN1CCC2(c3ccc(C(=O)OC)cc3)CC1CCN2Cc1c(OC)cc(C)c2c1ccn2C(=O)OC(C)(C)C. The molecule has 3 heterocycles. The average molecular weight is 562 g/mol. The second-order valence-corrected chi connectivity index (χ2v) is 12.3. The second kappa shape index (κ2) is 11.1. The summed E-state index contributed by atoms with van der Waals surface area (Å²) in [4.78, 5) is 30.5. The maximum Gasteiger partial charge on any atom is 0.419 e. The van der Waals surface area contributed by atoms with E-state index in [1.54, 1.807) is 11.7 Å². The van der Waals surface area contributed by atoms with Crippen LogP contribution in [0.1, 0.15) is 74.0 Å². The number of rotatable bonds is 6. The number of aryl methyl sites for hydroxylation is 1. The minimum absolute atomic E-state index is 0.181. The number of hydrogen-bond acceptors (Lipinski definition) is 7. The van der Waals surface area contributed by atoms with Gasteiger partial charge < -0.3 is 19.1 Å². The van der Waals surface area contributed by atoms with Crippen molar-refractivity contribution >= 4 is 23.0 Å². The standard InChI is InChI=1S/C33H43N3O5/c1-8-34-18-15-33(24-11-9-23(10-12-24)30(37)40-7)20-25(34)13-16-35(33)21-27-26-14-17-36(31(38)41-32(3,4)5)29(26)22(2)19-28(27)39-6/h9-12,14,17,19,25H,8,13,15-16,18,20-21H2,1-7H3. The van der Waals surface area contributed by atoms with Gasteiger partial charge in [-0.3, -0.25) is 9.47 Å². The summed E-state index contributed by atoms with van der Waals surface area (Å²) in [5, 5.41) is 0.997. The summed E-state index contributed by atoms with van der Waals surface area (Å²) in [5.74, 6) is 0.496. The molecule has 2 saturated heterocycles. The molecule has 220 valence electrons. The molecular weight excluding hydrogens is 518 g/mol. The first-order valence-electron chi connectivity index (χ1n) is 14.6. The molecule has 2 aliphatic heterocycles. The van der Waals surface area contributed by atoms with Crippen molar-refractivity contribution in [1.29, 1.82) is 0 Å². The highest BCUT2D eigenvalue weighted by Crippen LogP contribution is 2.47. The summed E-state index contributed by atoms with van der Waals surface area (Å²) < 4.78 is 18.2. The molecule has 0 amide bonds. The number of fused-ring (bicyclic) bond motifs is 3. The molecule has 2 aromatic carbocycles. The van der Waals surface area contributed by atoms with Crippen molar-refractivity contribution < 1.29 is 23.8 Å². The Morgan fingerprint density at radius 1 is 1.07 bits per heavy atom. The van der Waals surface area contributed by atoms with E-state index in [4.69, 9.17) is 14.2 Å². The molecule has 5 rings (SSSR count). The van der Waals surface area contributed by atoms with Gasteiger partial charge in [-0.05, 0) is 88.9 Å². The molecule has 8 heteroatoms. The maximum atomic E-state index is 13.1. The average Bonchev–Trinajstić information content (AvgIpc) is 3.41. The van der Waals surface area contributed by atoms with Gasteiger partial charge in [0.2, 0.25) is 0 Å². The molecule has 3 aromatic rings. The number of esters is 1. The molecule has 2 atom stereocenters. The zero-order chi connectivity index (χ0) is 29.5. The molecular formula is C33H43N3O5. The monoisotopic (exact) mass is 561 g/mol. The normalized spacial score (nSPS) is 21.6. The summed E-state index contributed by atoms with van der Waals surface area (Å²) in [6.07, 6.45) is 4.52. The van der Waals surface area contributed by atoms with Crippen molar-refractivity contribution in [3.05, 3.63) is 64.8 Å². The second-order valence-electron chi connectivity index (χ2n) is 12.3. The van der Waals surface area contributed by atoms with Gasteiger partial charge in [0.05, 0.1) is 25.3 Å². The number of benzene rings is 2. The predicted molar refractivity (Wildman–Crippen MR) is 160 cm³/mol. The number of carbonyl (C=O) groups excluding carboxylic acids is 2. The molecule has 0 radical (unpaired) electrons. The van der Waals surface area contributed by atoms with Crippen LogP contribution >= 0.6 is 0 Å². The number of likely N-dealkylation sites (tertiary alicyclic amines) is 2. The summed E-state index contributed by atoms with van der Waals surface area (Å²) in [7, 11) is 3.12.